The monoisotopic (exact) mass is 290 g/mol. The number of hydrogen-bond acceptors (Lipinski definition) is 4. The summed E-state index contributed by atoms with van der Waals surface area (Å²) in [5.74, 6) is 0.894. The Morgan fingerprint density at radius 2 is 2.00 bits per heavy atom. The van der Waals surface area contributed by atoms with Crippen molar-refractivity contribution in [3.05, 3.63) is 42.5 Å². The normalized spacial score (nSPS) is 15.8. The maximum atomic E-state index is 5.47. The Balaban J connectivity index is 1.56. The largest absolute Gasteiger partial charge is 0.490 e. The molecule has 1 N–H and O–H groups in total. The van der Waals surface area contributed by atoms with Crippen molar-refractivity contribution in [3.63, 3.8) is 0 Å². The lowest BCUT2D eigenvalue weighted by molar-refractivity contribution is 0.0374. The van der Waals surface area contributed by atoms with E-state index in [-0.39, 0.29) is 0 Å². The van der Waals surface area contributed by atoms with Crippen LogP contribution in [0.2, 0.25) is 0 Å². The van der Waals surface area contributed by atoms with Crippen LogP contribution in [0.4, 0.5) is 0 Å². The van der Waals surface area contributed by atoms with E-state index in [2.05, 4.69) is 28.9 Å². The van der Waals surface area contributed by atoms with E-state index in [0.717, 1.165) is 51.7 Å². The molecule has 0 aromatic heterocycles. The molecule has 2 rings (SSSR count). The first-order valence-electron chi connectivity index (χ1n) is 7.72. The molecule has 4 heteroatoms. The van der Waals surface area contributed by atoms with Gasteiger partial charge in [-0.05, 0) is 37.2 Å². The van der Waals surface area contributed by atoms with E-state index in [1.165, 1.54) is 12.0 Å². The molecule has 1 aliphatic heterocycles. The number of ether oxygens (including phenoxy) is 2. The van der Waals surface area contributed by atoms with Gasteiger partial charge in [-0.1, -0.05) is 24.8 Å². The van der Waals surface area contributed by atoms with Gasteiger partial charge in [-0.3, -0.25) is 4.90 Å². The molecule has 1 fully saturated rings. The summed E-state index contributed by atoms with van der Waals surface area (Å²) in [4.78, 5) is 2.47. The molecular weight excluding hydrogens is 264 g/mol. The predicted octanol–water partition coefficient (Wildman–Crippen LogP) is 2.06. The summed E-state index contributed by atoms with van der Waals surface area (Å²) in [6.45, 7) is 11.2. The first-order valence-corrected chi connectivity index (χ1v) is 7.72. The zero-order chi connectivity index (χ0) is 14.8. The van der Waals surface area contributed by atoms with Gasteiger partial charge in [-0.15, -0.1) is 0 Å². The first kappa shape index (κ1) is 16.0. The Morgan fingerprint density at radius 3 is 2.71 bits per heavy atom. The average Bonchev–Trinajstić information content (AvgIpc) is 2.55. The summed E-state index contributed by atoms with van der Waals surface area (Å²) >= 11 is 0. The summed E-state index contributed by atoms with van der Waals surface area (Å²) in [6, 6.07) is 8.23. The number of benzene rings is 1. The third-order valence-corrected chi connectivity index (χ3v) is 3.55. The standard InChI is InChI=1S/C17H26N2O2/c1-2-12-21-17-6-4-16(5-7-17)15-18-8-3-9-19-10-13-20-14-11-19/h2,4-7,18H,1,3,8-15H2. The maximum Gasteiger partial charge on any atom is 0.119 e. The molecule has 1 aliphatic rings. The number of morpholine rings is 1. The predicted molar refractivity (Wildman–Crippen MR) is 85.7 cm³/mol. The molecule has 1 saturated heterocycles. The zero-order valence-electron chi connectivity index (χ0n) is 12.7. The van der Waals surface area contributed by atoms with Crippen molar-refractivity contribution in [2.75, 3.05) is 46.0 Å². The van der Waals surface area contributed by atoms with Crippen LogP contribution in [0.1, 0.15) is 12.0 Å². The van der Waals surface area contributed by atoms with Gasteiger partial charge in [-0.2, -0.15) is 0 Å². The van der Waals surface area contributed by atoms with E-state index < -0.39 is 0 Å². The van der Waals surface area contributed by atoms with Gasteiger partial charge in [0.25, 0.3) is 0 Å². The lowest BCUT2D eigenvalue weighted by Gasteiger charge is -2.26. The molecule has 116 valence electrons. The molecule has 0 aliphatic carbocycles. The van der Waals surface area contributed by atoms with Crippen LogP contribution in [0.15, 0.2) is 36.9 Å². The summed E-state index contributed by atoms with van der Waals surface area (Å²) in [5.41, 5.74) is 1.28. The van der Waals surface area contributed by atoms with Gasteiger partial charge in [0.05, 0.1) is 13.2 Å². The van der Waals surface area contributed by atoms with Crippen LogP contribution < -0.4 is 10.1 Å². The fourth-order valence-corrected chi connectivity index (χ4v) is 2.34. The van der Waals surface area contributed by atoms with Crippen molar-refractivity contribution in [1.29, 1.82) is 0 Å². The van der Waals surface area contributed by atoms with Crippen LogP contribution in [0.3, 0.4) is 0 Å². The van der Waals surface area contributed by atoms with Crippen molar-refractivity contribution in [2.45, 2.75) is 13.0 Å². The Hall–Kier alpha value is -1.36. The minimum Gasteiger partial charge on any atom is -0.490 e. The van der Waals surface area contributed by atoms with Crippen molar-refractivity contribution in [3.8, 4) is 5.75 Å². The number of hydrogen-bond donors (Lipinski definition) is 1. The smallest absolute Gasteiger partial charge is 0.119 e. The SMILES string of the molecule is C=CCOc1ccc(CNCCCN2CCOCC2)cc1. The Kier molecular flexibility index (Phi) is 7.29. The highest BCUT2D eigenvalue weighted by atomic mass is 16.5. The molecule has 0 atom stereocenters. The second-order valence-electron chi connectivity index (χ2n) is 5.23. The molecule has 1 heterocycles. The molecule has 21 heavy (non-hydrogen) atoms. The van der Waals surface area contributed by atoms with E-state index in [1.807, 2.05) is 12.1 Å². The van der Waals surface area contributed by atoms with E-state index >= 15 is 0 Å². The summed E-state index contributed by atoms with van der Waals surface area (Å²) in [6.07, 6.45) is 2.93. The Morgan fingerprint density at radius 1 is 1.24 bits per heavy atom. The average molecular weight is 290 g/mol. The van der Waals surface area contributed by atoms with Gasteiger partial charge in [0.2, 0.25) is 0 Å². The molecule has 0 radical (unpaired) electrons. The van der Waals surface area contributed by atoms with E-state index in [4.69, 9.17) is 9.47 Å². The minimum atomic E-state index is 0.555. The van der Waals surface area contributed by atoms with E-state index in [9.17, 15) is 0 Å². The van der Waals surface area contributed by atoms with Crippen molar-refractivity contribution < 1.29 is 9.47 Å². The zero-order valence-corrected chi connectivity index (χ0v) is 12.7. The first-order chi connectivity index (χ1) is 10.4. The highest BCUT2D eigenvalue weighted by Gasteiger charge is 2.08. The fraction of sp³-hybridized carbons (Fsp3) is 0.529. The second kappa shape index (κ2) is 9.55. The van der Waals surface area contributed by atoms with Crippen molar-refractivity contribution in [1.82, 2.24) is 10.2 Å². The number of nitrogens with zero attached hydrogens (tertiary/aromatic N) is 1. The number of rotatable bonds is 9. The van der Waals surface area contributed by atoms with Gasteiger partial charge in [0.1, 0.15) is 12.4 Å². The summed E-state index contributed by atoms with van der Waals surface area (Å²) in [7, 11) is 0. The maximum absolute atomic E-state index is 5.47. The topological polar surface area (TPSA) is 33.7 Å². The van der Waals surface area contributed by atoms with Crippen LogP contribution in [0.25, 0.3) is 0 Å². The fourth-order valence-electron chi connectivity index (χ4n) is 2.34. The molecule has 0 bridgehead atoms. The molecule has 0 saturated carbocycles. The molecule has 0 amide bonds. The quantitative estimate of drug-likeness (QED) is 0.557. The van der Waals surface area contributed by atoms with Gasteiger partial charge >= 0.3 is 0 Å². The van der Waals surface area contributed by atoms with Gasteiger partial charge in [-0.25, -0.2) is 0 Å². The van der Waals surface area contributed by atoms with Crippen molar-refractivity contribution >= 4 is 0 Å². The molecule has 1 aromatic carbocycles. The molecule has 0 spiro atoms. The lowest BCUT2D eigenvalue weighted by Crippen LogP contribution is -2.37. The highest BCUT2D eigenvalue weighted by molar-refractivity contribution is 5.27. The molecule has 4 nitrogen and oxygen atoms in total. The third-order valence-electron chi connectivity index (χ3n) is 3.55. The van der Waals surface area contributed by atoms with Crippen LogP contribution >= 0.6 is 0 Å². The van der Waals surface area contributed by atoms with Gasteiger partial charge < -0.3 is 14.8 Å². The second-order valence-corrected chi connectivity index (χ2v) is 5.23. The van der Waals surface area contributed by atoms with Crippen molar-refractivity contribution in [2.24, 2.45) is 0 Å². The molecule has 1 aromatic rings. The van der Waals surface area contributed by atoms with E-state index in [0.29, 0.717) is 6.61 Å². The summed E-state index contributed by atoms with van der Waals surface area (Å²) in [5, 5.41) is 3.49. The third kappa shape index (κ3) is 6.29. The van der Waals surface area contributed by atoms with E-state index in [1.54, 1.807) is 6.08 Å². The molecule has 0 unspecified atom stereocenters. The van der Waals surface area contributed by atoms with Gasteiger partial charge in [0, 0.05) is 19.6 Å². The lowest BCUT2D eigenvalue weighted by atomic mass is 10.2. The number of nitrogens with one attached hydrogen (secondary N) is 1. The van der Waals surface area contributed by atoms with Crippen LogP contribution in [-0.2, 0) is 11.3 Å². The highest BCUT2D eigenvalue weighted by Crippen LogP contribution is 2.12. The Bertz CT molecular complexity index is 400. The van der Waals surface area contributed by atoms with Crippen LogP contribution in [-0.4, -0.2) is 50.9 Å². The van der Waals surface area contributed by atoms with Crippen LogP contribution in [0.5, 0.6) is 5.75 Å². The Labute approximate surface area is 127 Å². The summed E-state index contributed by atoms with van der Waals surface area (Å²) < 4.78 is 10.8. The van der Waals surface area contributed by atoms with Gasteiger partial charge in [0.15, 0.2) is 0 Å². The minimum absolute atomic E-state index is 0.555. The molecular formula is C17H26N2O2. The van der Waals surface area contributed by atoms with Crippen LogP contribution in [0, 0.1) is 0 Å².